The second-order valence-electron chi connectivity index (χ2n) is 6.33. The van der Waals surface area contributed by atoms with E-state index in [1.807, 2.05) is 6.92 Å². The molecule has 0 radical (unpaired) electrons. The van der Waals surface area contributed by atoms with Crippen molar-refractivity contribution < 1.29 is 22.7 Å². The van der Waals surface area contributed by atoms with E-state index in [2.05, 4.69) is 5.32 Å². The number of benzene rings is 2. The van der Waals surface area contributed by atoms with Crippen molar-refractivity contribution in [1.82, 2.24) is 5.32 Å². The molecule has 0 aliphatic heterocycles. The molecule has 0 bridgehead atoms. The summed E-state index contributed by atoms with van der Waals surface area (Å²) in [5.74, 6) is 0.908. The van der Waals surface area contributed by atoms with Crippen LogP contribution in [0.1, 0.15) is 13.3 Å². The van der Waals surface area contributed by atoms with Crippen LogP contribution < -0.4 is 19.1 Å². The Morgan fingerprint density at radius 3 is 2.24 bits per heavy atom. The lowest BCUT2D eigenvalue weighted by Crippen LogP contribution is -2.39. The van der Waals surface area contributed by atoms with Gasteiger partial charge in [-0.2, -0.15) is 0 Å². The lowest BCUT2D eigenvalue weighted by molar-refractivity contribution is -0.128. The van der Waals surface area contributed by atoms with Gasteiger partial charge in [-0.15, -0.1) is 0 Å². The van der Waals surface area contributed by atoms with Crippen LogP contribution in [0.4, 0.5) is 5.69 Å². The molecule has 0 saturated heterocycles. The molecule has 158 valence electrons. The summed E-state index contributed by atoms with van der Waals surface area (Å²) in [5.41, 5.74) is 0.511. The average Bonchev–Trinajstić information content (AvgIpc) is 2.69. The van der Waals surface area contributed by atoms with E-state index >= 15 is 0 Å². The first-order valence-electron chi connectivity index (χ1n) is 9.07. The summed E-state index contributed by atoms with van der Waals surface area (Å²) in [6, 6.07) is 13.5. The Hall–Kier alpha value is -2.45. The van der Waals surface area contributed by atoms with Crippen molar-refractivity contribution in [3.63, 3.8) is 0 Å². The summed E-state index contributed by atoms with van der Waals surface area (Å²) in [5, 5.41) is 3.41. The molecule has 1 unspecified atom stereocenters. The number of nitrogens with zero attached hydrogens (tertiary/aromatic N) is 1. The number of carbonyl (C=O) groups excluding carboxylic acids is 1. The number of amides is 1. The van der Waals surface area contributed by atoms with E-state index in [9.17, 15) is 13.2 Å². The first-order valence-corrected chi connectivity index (χ1v) is 11.3. The van der Waals surface area contributed by atoms with E-state index < -0.39 is 16.1 Å². The summed E-state index contributed by atoms with van der Waals surface area (Å²) in [7, 11) is -1.86. The van der Waals surface area contributed by atoms with E-state index in [1.165, 1.54) is 11.4 Å². The third-order valence-corrected chi connectivity index (χ3v) is 5.58. The second kappa shape index (κ2) is 10.4. The molecule has 2 aromatic carbocycles. The van der Waals surface area contributed by atoms with Crippen molar-refractivity contribution in [2.45, 2.75) is 19.4 Å². The number of hydrogen-bond donors (Lipinski definition) is 1. The molecule has 0 heterocycles. The molecule has 0 aromatic heterocycles. The zero-order valence-electron chi connectivity index (χ0n) is 16.6. The van der Waals surface area contributed by atoms with Crippen molar-refractivity contribution >= 4 is 33.2 Å². The Labute approximate surface area is 176 Å². The number of carbonyl (C=O) groups is 1. The van der Waals surface area contributed by atoms with Gasteiger partial charge < -0.3 is 14.8 Å². The smallest absolute Gasteiger partial charge is 0.261 e. The Bertz CT molecular complexity index is 901. The average molecular weight is 441 g/mol. The fourth-order valence-corrected chi connectivity index (χ4v) is 3.03. The van der Waals surface area contributed by atoms with Crippen molar-refractivity contribution in [2.24, 2.45) is 0 Å². The Morgan fingerprint density at radius 2 is 1.69 bits per heavy atom. The topological polar surface area (TPSA) is 84.9 Å². The highest BCUT2D eigenvalue weighted by molar-refractivity contribution is 7.92. The standard InChI is InChI=1S/C20H25ClN2O5S/c1-4-19(20(24)22-13-14-27-17-9-5-15(21)6-10-17)28-18-11-7-16(8-12-18)23(2)29(3,25)26/h5-12,19H,4,13-14H2,1-3H3,(H,22,24). The predicted octanol–water partition coefficient (Wildman–Crippen LogP) is 3.09. The van der Waals surface area contributed by atoms with Gasteiger partial charge in [-0.05, 0) is 55.0 Å². The first-order chi connectivity index (χ1) is 13.7. The Morgan fingerprint density at radius 1 is 1.10 bits per heavy atom. The van der Waals surface area contributed by atoms with Crippen LogP contribution in [0.2, 0.25) is 5.02 Å². The van der Waals surface area contributed by atoms with Gasteiger partial charge in [-0.1, -0.05) is 18.5 Å². The highest BCUT2D eigenvalue weighted by Crippen LogP contribution is 2.21. The van der Waals surface area contributed by atoms with Gasteiger partial charge >= 0.3 is 0 Å². The van der Waals surface area contributed by atoms with Crippen LogP contribution in [0, 0.1) is 0 Å². The molecular formula is C20H25ClN2O5S. The van der Waals surface area contributed by atoms with Gasteiger partial charge in [0.25, 0.3) is 5.91 Å². The van der Waals surface area contributed by atoms with Crippen molar-refractivity contribution in [3.05, 3.63) is 53.6 Å². The number of ether oxygens (including phenoxy) is 2. The second-order valence-corrected chi connectivity index (χ2v) is 8.78. The lowest BCUT2D eigenvalue weighted by atomic mass is 10.2. The van der Waals surface area contributed by atoms with Gasteiger partial charge in [0.2, 0.25) is 10.0 Å². The lowest BCUT2D eigenvalue weighted by Gasteiger charge is -2.19. The van der Waals surface area contributed by atoms with Crippen molar-refractivity contribution in [3.8, 4) is 11.5 Å². The van der Waals surface area contributed by atoms with E-state index in [0.29, 0.717) is 41.8 Å². The fourth-order valence-electron chi connectivity index (χ4n) is 2.40. The minimum Gasteiger partial charge on any atom is -0.492 e. The third-order valence-electron chi connectivity index (χ3n) is 4.12. The third kappa shape index (κ3) is 7.14. The van der Waals surface area contributed by atoms with Crippen LogP contribution in [0.15, 0.2) is 48.5 Å². The summed E-state index contributed by atoms with van der Waals surface area (Å²) < 4.78 is 35.6. The number of hydrogen-bond acceptors (Lipinski definition) is 5. The zero-order chi connectivity index (χ0) is 21.4. The highest BCUT2D eigenvalue weighted by atomic mass is 35.5. The maximum Gasteiger partial charge on any atom is 0.261 e. The number of rotatable bonds is 10. The molecule has 9 heteroatoms. The molecular weight excluding hydrogens is 416 g/mol. The minimum absolute atomic E-state index is 0.246. The van der Waals surface area contributed by atoms with Crippen LogP contribution in [-0.2, 0) is 14.8 Å². The molecule has 0 spiro atoms. The summed E-state index contributed by atoms with van der Waals surface area (Å²) in [6.07, 6.45) is 0.949. The van der Waals surface area contributed by atoms with Gasteiger partial charge in [0.1, 0.15) is 18.1 Å². The van der Waals surface area contributed by atoms with E-state index in [-0.39, 0.29) is 5.91 Å². The van der Waals surface area contributed by atoms with Crippen LogP contribution in [0.5, 0.6) is 11.5 Å². The molecule has 2 rings (SSSR count). The predicted molar refractivity (Wildman–Crippen MR) is 114 cm³/mol. The Balaban J connectivity index is 1.83. The van der Waals surface area contributed by atoms with Gasteiger partial charge in [-0.25, -0.2) is 8.42 Å². The number of sulfonamides is 1. The number of anilines is 1. The molecule has 0 saturated carbocycles. The van der Waals surface area contributed by atoms with Crippen LogP contribution in [-0.4, -0.2) is 46.9 Å². The van der Waals surface area contributed by atoms with Crippen LogP contribution >= 0.6 is 11.6 Å². The van der Waals surface area contributed by atoms with Gasteiger partial charge in [0, 0.05) is 12.1 Å². The van der Waals surface area contributed by atoms with Gasteiger partial charge in [0.05, 0.1) is 18.5 Å². The molecule has 0 aliphatic rings. The molecule has 0 aliphatic carbocycles. The first kappa shape index (κ1) is 22.8. The monoisotopic (exact) mass is 440 g/mol. The number of nitrogens with one attached hydrogen (secondary N) is 1. The molecule has 29 heavy (non-hydrogen) atoms. The Kier molecular flexibility index (Phi) is 8.16. The van der Waals surface area contributed by atoms with E-state index in [1.54, 1.807) is 48.5 Å². The summed E-state index contributed by atoms with van der Waals surface area (Å²) >= 11 is 5.82. The molecule has 2 aromatic rings. The highest BCUT2D eigenvalue weighted by Gasteiger charge is 2.18. The summed E-state index contributed by atoms with van der Waals surface area (Å²) in [4.78, 5) is 12.3. The van der Waals surface area contributed by atoms with Crippen LogP contribution in [0.25, 0.3) is 0 Å². The van der Waals surface area contributed by atoms with Crippen LogP contribution in [0.3, 0.4) is 0 Å². The van der Waals surface area contributed by atoms with Gasteiger partial charge in [0.15, 0.2) is 6.10 Å². The largest absolute Gasteiger partial charge is 0.492 e. The minimum atomic E-state index is -3.34. The van der Waals surface area contributed by atoms with E-state index in [4.69, 9.17) is 21.1 Å². The maximum atomic E-state index is 12.3. The van der Waals surface area contributed by atoms with Gasteiger partial charge in [-0.3, -0.25) is 9.10 Å². The molecule has 0 fully saturated rings. The molecule has 1 atom stereocenters. The SMILES string of the molecule is CCC(Oc1ccc(N(C)S(C)(=O)=O)cc1)C(=O)NCCOc1ccc(Cl)cc1. The quantitative estimate of drug-likeness (QED) is 0.574. The fraction of sp³-hybridized carbons (Fsp3) is 0.350. The summed E-state index contributed by atoms with van der Waals surface area (Å²) in [6.45, 7) is 2.50. The molecule has 1 N–H and O–H groups in total. The van der Waals surface area contributed by atoms with Crippen molar-refractivity contribution in [1.29, 1.82) is 0 Å². The normalized spacial score (nSPS) is 12.1. The van der Waals surface area contributed by atoms with E-state index in [0.717, 1.165) is 6.26 Å². The molecule has 1 amide bonds. The number of halogens is 1. The maximum absolute atomic E-state index is 12.3. The zero-order valence-corrected chi connectivity index (χ0v) is 18.2. The molecule has 7 nitrogen and oxygen atoms in total. The van der Waals surface area contributed by atoms with Crippen molar-refractivity contribution in [2.75, 3.05) is 30.8 Å².